The van der Waals surface area contributed by atoms with Crippen molar-refractivity contribution in [2.45, 2.75) is 284 Å². The molecule has 0 aliphatic carbocycles. The monoisotopic (exact) mass is 987 g/mol. The average molecular weight is 988 g/mol. The quantitative estimate of drug-likeness (QED) is 0.0199. The van der Waals surface area contributed by atoms with Crippen molar-refractivity contribution < 1.29 is 28.6 Å². The van der Waals surface area contributed by atoms with Gasteiger partial charge in [-0.05, 0) is 116 Å². The normalized spacial score (nSPS) is 12.8. The number of ether oxygens (including phenoxy) is 3. The van der Waals surface area contributed by atoms with Crippen LogP contribution in [-0.2, 0) is 28.6 Å². The van der Waals surface area contributed by atoms with Gasteiger partial charge in [-0.3, -0.25) is 14.4 Å². The lowest BCUT2D eigenvalue weighted by Gasteiger charge is -2.18. The van der Waals surface area contributed by atoms with Crippen molar-refractivity contribution in [2.24, 2.45) is 0 Å². The van der Waals surface area contributed by atoms with Crippen molar-refractivity contribution >= 4 is 17.9 Å². The molecule has 6 heteroatoms. The minimum atomic E-state index is -0.805. The molecule has 0 N–H and O–H groups in total. The van der Waals surface area contributed by atoms with E-state index >= 15 is 0 Å². The zero-order valence-corrected chi connectivity index (χ0v) is 46.5. The van der Waals surface area contributed by atoms with Crippen molar-refractivity contribution in [3.63, 3.8) is 0 Å². The lowest BCUT2D eigenvalue weighted by atomic mass is 10.1. The fourth-order valence-corrected chi connectivity index (χ4v) is 8.10. The smallest absolute Gasteiger partial charge is 0.306 e. The first-order chi connectivity index (χ1) is 35.0. The van der Waals surface area contributed by atoms with E-state index in [0.717, 1.165) is 122 Å². The molecule has 6 nitrogen and oxygen atoms in total. The lowest BCUT2D eigenvalue weighted by molar-refractivity contribution is -0.167. The summed E-state index contributed by atoms with van der Waals surface area (Å²) in [7, 11) is 0. The van der Waals surface area contributed by atoms with E-state index in [-0.39, 0.29) is 31.1 Å². The Morgan fingerprint density at radius 1 is 0.310 bits per heavy atom. The zero-order valence-electron chi connectivity index (χ0n) is 46.5. The summed E-state index contributed by atoms with van der Waals surface area (Å²) in [6.45, 7) is 6.48. The molecule has 0 radical (unpaired) electrons. The minimum Gasteiger partial charge on any atom is -0.462 e. The number of carbonyl (C=O) groups is 3. The molecule has 0 bridgehead atoms. The highest BCUT2D eigenvalue weighted by atomic mass is 16.6. The number of hydrogen-bond acceptors (Lipinski definition) is 6. The first-order valence-corrected chi connectivity index (χ1v) is 29.8. The van der Waals surface area contributed by atoms with Gasteiger partial charge in [0.2, 0.25) is 0 Å². The number of hydrogen-bond donors (Lipinski definition) is 0. The molecule has 0 fully saturated rings. The maximum Gasteiger partial charge on any atom is 0.306 e. The summed E-state index contributed by atoms with van der Waals surface area (Å²) in [6, 6.07) is 0. The van der Waals surface area contributed by atoms with Crippen LogP contribution in [0.3, 0.4) is 0 Å². The van der Waals surface area contributed by atoms with Gasteiger partial charge in [0.1, 0.15) is 13.2 Å². The Labute approximate surface area is 438 Å². The summed E-state index contributed by atoms with van der Waals surface area (Å²) >= 11 is 0. The van der Waals surface area contributed by atoms with Crippen LogP contribution in [0.4, 0.5) is 0 Å². The van der Waals surface area contributed by atoms with E-state index in [2.05, 4.69) is 118 Å². The maximum atomic E-state index is 12.9. The topological polar surface area (TPSA) is 78.9 Å². The van der Waals surface area contributed by atoms with E-state index in [1.807, 2.05) is 0 Å². The molecule has 0 rings (SSSR count). The van der Waals surface area contributed by atoms with E-state index < -0.39 is 6.10 Å². The summed E-state index contributed by atoms with van der Waals surface area (Å²) in [4.78, 5) is 38.2. The van der Waals surface area contributed by atoms with Gasteiger partial charge in [0, 0.05) is 19.3 Å². The summed E-state index contributed by atoms with van der Waals surface area (Å²) in [5.74, 6) is -0.950. The molecule has 1 atom stereocenters. The Kier molecular flexibility index (Phi) is 55.9. The van der Waals surface area contributed by atoms with E-state index in [0.29, 0.717) is 19.3 Å². The van der Waals surface area contributed by atoms with Gasteiger partial charge in [-0.1, -0.05) is 240 Å². The van der Waals surface area contributed by atoms with Crippen LogP contribution in [0.5, 0.6) is 0 Å². The van der Waals surface area contributed by atoms with Crippen LogP contribution < -0.4 is 0 Å². The van der Waals surface area contributed by atoms with E-state index in [1.165, 1.54) is 116 Å². The van der Waals surface area contributed by atoms with Gasteiger partial charge in [0.15, 0.2) is 6.10 Å². The van der Waals surface area contributed by atoms with Crippen molar-refractivity contribution in [2.75, 3.05) is 13.2 Å². The Bertz CT molecular complexity index is 1410. The van der Waals surface area contributed by atoms with Gasteiger partial charge in [0.05, 0.1) is 0 Å². The van der Waals surface area contributed by atoms with Gasteiger partial charge in [0.25, 0.3) is 0 Å². The second-order valence-electron chi connectivity index (χ2n) is 19.5. The average Bonchev–Trinajstić information content (AvgIpc) is 3.37. The highest BCUT2D eigenvalue weighted by molar-refractivity contribution is 5.71. The molecule has 0 aromatic heterocycles. The van der Waals surface area contributed by atoms with Crippen LogP contribution >= 0.6 is 0 Å². The SMILES string of the molecule is CC/C=C\C/C=C\C/C=C\C/C=C\C/C=C\CCCCCC(=O)OCC(COC(=O)CCCCCCC/C=C\CCCCCCCCC)OC(=O)CCCCCCC/C=C\C=C/CCCCCCCCC. The second kappa shape index (κ2) is 58.9. The number of allylic oxidation sites excluding steroid dienone is 16. The molecule has 0 spiro atoms. The molecule has 0 heterocycles. The van der Waals surface area contributed by atoms with Crippen LogP contribution in [0.2, 0.25) is 0 Å². The van der Waals surface area contributed by atoms with Gasteiger partial charge < -0.3 is 14.2 Å². The van der Waals surface area contributed by atoms with Crippen LogP contribution in [0.25, 0.3) is 0 Å². The molecule has 0 aliphatic heterocycles. The standard InChI is InChI=1S/C65H110O6/c1-4-7-10-13-16-19-22-25-28-31-33-35-37-40-43-46-49-52-55-58-64(67)70-61-62(60-69-63(66)57-54-51-48-45-42-39-36-30-27-24-21-18-15-12-9-6-3)71-65(68)59-56-53-50-47-44-41-38-34-32-29-26-23-20-17-14-11-8-5-2/h7,10,16,19,25,28-30,32-36,38,40,43,62H,4-6,8-9,11-15,17-18,20-24,26-27,31,37,39,41-42,44-61H2,1-3H3/b10-7-,19-16-,28-25-,32-29-,35-33-,36-30-,38-34-,43-40-. The van der Waals surface area contributed by atoms with Gasteiger partial charge >= 0.3 is 17.9 Å². The summed E-state index contributed by atoms with van der Waals surface area (Å²) in [5.41, 5.74) is 0. The number of unbranched alkanes of at least 4 members (excludes halogenated alkanes) is 27. The third-order valence-electron chi connectivity index (χ3n) is 12.6. The molecule has 0 amide bonds. The second-order valence-corrected chi connectivity index (χ2v) is 19.5. The summed E-state index contributed by atoms with van der Waals surface area (Å²) < 4.78 is 16.8. The van der Waals surface area contributed by atoms with Crippen molar-refractivity contribution in [1.82, 2.24) is 0 Å². The predicted molar refractivity (Wildman–Crippen MR) is 307 cm³/mol. The Morgan fingerprint density at radius 3 is 0.972 bits per heavy atom. The molecule has 71 heavy (non-hydrogen) atoms. The maximum absolute atomic E-state index is 12.9. The molecular weight excluding hydrogens is 877 g/mol. The first kappa shape index (κ1) is 67.3. The molecular formula is C65H110O6. The van der Waals surface area contributed by atoms with Gasteiger partial charge in [-0.2, -0.15) is 0 Å². The fourth-order valence-electron chi connectivity index (χ4n) is 8.10. The van der Waals surface area contributed by atoms with Crippen LogP contribution in [-0.4, -0.2) is 37.2 Å². The first-order valence-electron chi connectivity index (χ1n) is 29.8. The third-order valence-corrected chi connectivity index (χ3v) is 12.6. The van der Waals surface area contributed by atoms with Gasteiger partial charge in [-0.15, -0.1) is 0 Å². The molecule has 0 aliphatic rings. The summed E-state index contributed by atoms with van der Waals surface area (Å²) in [6.07, 6.45) is 78.2. The minimum absolute atomic E-state index is 0.0991. The Hall–Kier alpha value is -3.67. The molecule has 0 saturated heterocycles. The molecule has 0 saturated carbocycles. The van der Waals surface area contributed by atoms with E-state index in [4.69, 9.17) is 14.2 Å². The van der Waals surface area contributed by atoms with E-state index in [1.54, 1.807) is 0 Å². The van der Waals surface area contributed by atoms with Crippen molar-refractivity contribution in [3.05, 3.63) is 97.2 Å². The fraction of sp³-hybridized carbons (Fsp3) is 0.708. The van der Waals surface area contributed by atoms with Crippen LogP contribution in [0.1, 0.15) is 278 Å². The number of rotatable bonds is 53. The van der Waals surface area contributed by atoms with Gasteiger partial charge in [-0.25, -0.2) is 0 Å². The molecule has 1 unspecified atom stereocenters. The van der Waals surface area contributed by atoms with Crippen molar-refractivity contribution in [1.29, 1.82) is 0 Å². The highest BCUT2D eigenvalue weighted by Crippen LogP contribution is 2.14. The third kappa shape index (κ3) is 57.1. The number of carbonyl (C=O) groups excluding carboxylic acids is 3. The van der Waals surface area contributed by atoms with Crippen LogP contribution in [0, 0.1) is 0 Å². The summed E-state index contributed by atoms with van der Waals surface area (Å²) in [5, 5.41) is 0. The Morgan fingerprint density at radius 2 is 0.592 bits per heavy atom. The van der Waals surface area contributed by atoms with Crippen LogP contribution in [0.15, 0.2) is 97.2 Å². The molecule has 0 aromatic rings. The predicted octanol–water partition coefficient (Wildman–Crippen LogP) is 20.1. The molecule has 406 valence electrons. The highest BCUT2D eigenvalue weighted by Gasteiger charge is 2.19. The number of esters is 3. The van der Waals surface area contributed by atoms with E-state index in [9.17, 15) is 14.4 Å². The van der Waals surface area contributed by atoms with Crippen molar-refractivity contribution in [3.8, 4) is 0 Å². The Balaban J connectivity index is 4.49. The zero-order chi connectivity index (χ0) is 51.4. The largest absolute Gasteiger partial charge is 0.462 e. The lowest BCUT2D eigenvalue weighted by Crippen LogP contribution is -2.30. The molecule has 0 aromatic carbocycles.